The van der Waals surface area contributed by atoms with Crippen LogP contribution in [-0.2, 0) is 17.9 Å². The van der Waals surface area contributed by atoms with Crippen LogP contribution in [0.3, 0.4) is 0 Å². The number of amides is 1. The number of unbranched alkanes of at least 4 members (excludes halogenated alkanes) is 1. The van der Waals surface area contributed by atoms with Gasteiger partial charge in [0.15, 0.2) is 6.33 Å². The van der Waals surface area contributed by atoms with Crippen molar-refractivity contribution in [2.24, 2.45) is 0 Å². The van der Waals surface area contributed by atoms with Crippen molar-refractivity contribution in [3.8, 4) is 11.4 Å². The molecule has 1 N–H and O–H groups in total. The number of rotatable bonds is 8. The Morgan fingerprint density at radius 2 is 1.88 bits per heavy atom. The lowest BCUT2D eigenvalue weighted by molar-refractivity contribution is -0.121. The number of nitrogens with zero attached hydrogens (tertiary/aromatic N) is 6. The molecule has 8 nitrogen and oxygen atoms in total. The Morgan fingerprint density at radius 1 is 1.08 bits per heavy atom. The maximum Gasteiger partial charge on any atom is 0.220 e. The molecule has 1 aromatic carbocycles. The minimum atomic E-state index is 0.0644. The lowest BCUT2D eigenvalue weighted by atomic mass is 10.1. The molecule has 0 radical (unpaired) electrons. The predicted molar refractivity (Wildman–Crippen MR) is 91.0 cm³/mol. The van der Waals surface area contributed by atoms with Crippen molar-refractivity contribution in [3.63, 3.8) is 0 Å². The van der Waals surface area contributed by atoms with Crippen LogP contribution >= 0.6 is 0 Å². The average Bonchev–Trinajstić information content (AvgIpc) is 3.18. The van der Waals surface area contributed by atoms with Crippen LogP contribution in [0.1, 0.15) is 24.8 Å². The summed E-state index contributed by atoms with van der Waals surface area (Å²) in [5.74, 6) is 0.547. The summed E-state index contributed by atoms with van der Waals surface area (Å²) in [7, 11) is 0. The second kappa shape index (κ2) is 8.62. The van der Waals surface area contributed by atoms with Crippen molar-refractivity contribution < 1.29 is 4.79 Å². The minimum absolute atomic E-state index is 0.0644. The molecule has 1 amide bonds. The van der Waals surface area contributed by atoms with Crippen molar-refractivity contribution in [2.75, 3.05) is 0 Å². The van der Waals surface area contributed by atoms with Crippen LogP contribution in [0.25, 0.3) is 11.4 Å². The molecule has 0 atom stereocenters. The molecule has 3 aromatic rings. The molecule has 2 heterocycles. The number of imidazole rings is 1. The van der Waals surface area contributed by atoms with Crippen molar-refractivity contribution in [1.82, 2.24) is 35.3 Å². The van der Waals surface area contributed by atoms with Gasteiger partial charge in [0, 0.05) is 37.5 Å². The van der Waals surface area contributed by atoms with Crippen LogP contribution in [0.5, 0.6) is 0 Å². The van der Waals surface area contributed by atoms with Gasteiger partial charge in [0.1, 0.15) is 0 Å². The molecule has 8 heteroatoms. The van der Waals surface area contributed by atoms with E-state index >= 15 is 0 Å². The quantitative estimate of drug-likeness (QED) is 0.627. The van der Waals surface area contributed by atoms with Gasteiger partial charge in [-0.15, -0.1) is 20.4 Å². The SMILES string of the molecule is O=C(CCCCn1ccnc1)NCc1ccc(-c2nncnn2)cc1. The van der Waals surface area contributed by atoms with Crippen LogP contribution in [0.15, 0.2) is 49.3 Å². The molecule has 0 saturated carbocycles. The van der Waals surface area contributed by atoms with E-state index in [-0.39, 0.29) is 5.91 Å². The first-order chi connectivity index (χ1) is 12.3. The van der Waals surface area contributed by atoms with E-state index in [0.717, 1.165) is 30.5 Å². The first kappa shape index (κ1) is 16.7. The molecule has 0 aliphatic heterocycles. The van der Waals surface area contributed by atoms with E-state index in [2.05, 4.69) is 30.7 Å². The van der Waals surface area contributed by atoms with Gasteiger partial charge in [0.25, 0.3) is 0 Å². The van der Waals surface area contributed by atoms with E-state index in [1.807, 2.05) is 35.0 Å². The average molecular weight is 337 g/mol. The molecular weight excluding hydrogens is 318 g/mol. The summed E-state index contributed by atoms with van der Waals surface area (Å²) in [4.78, 5) is 15.9. The number of hydrogen-bond donors (Lipinski definition) is 1. The summed E-state index contributed by atoms with van der Waals surface area (Å²) in [6.07, 6.45) is 9.11. The molecule has 25 heavy (non-hydrogen) atoms. The Labute approximate surface area is 145 Å². The minimum Gasteiger partial charge on any atom is -0.352 e. The Morgan fingerprint density at radius 3 is 2.60 bits per heavy atom. The van der Waals surface area contributed by atoms with E-state index in [1.165, 1.54) is 6.33 Å². The largest absolute Gasteiger partial charge is 0.352 e. The zero-order valence-corrected chi connectivity index (χ0v) is 13.7. The van der Waals surface area contributed by atoms with Gasteiger partial charge in [-0.3, -0.25) is 4.79 Å². The number of aryl methyl sites for hydroxylation is 1. The first-order valence-corrected chi connectivity index (χ1v) is 8.13. The van der Waals surface area contributed by atoms with Crippen molar-refractivity contribution in [1.29, 1.82) is 0 Å². The Kier molecular flexibility index (Phi) is 5.76. The smallest absolute Gasteiger partial charge is 0.220 e. The van der Waals surface area contributed by atoms with Crippen molar-refractivity contribution >= 4 is 5.91 Å². The highest BCUT2D eigenvalue weighted by molar-refractivity contribution is 5.75. The predicted octanol–water partition coefficient (Wildman–Crippen LogP) is 1.62. The molecule has 2 aromatic heterocycles. The topological polar surface area (TPSA) is 98.5 Å². The van der Waals surface area contributed by atoms with Gasteiger partial charge in [-0.1, -0.05) is 24.3 Å². The third-order valence-corrected chi connectivity index (χ3v) is 3.74. The zero-order chi connectivity index (χ0) is 17.3. The standard InChI is InChI=1S/C17H19N7O/c25-16(3-1-2-9-24-10-8-18-13-24)19-11-14-4-6-15(7-5-14)17-22-20-12-21-23-17/h4-8,10,12-13H,1-3,9,11H2,(H,19,25). The monoisotopic (exact) mass is 337 g/mol. The Balaban J connectivity index is 1.38. The van der Waals surface area contributed by atoms with Crippen molar-refractivity contribution in [2.45, 2.75) is 32.4 Å². The van der Waals surface area contributed by atoms with E-state index in [1.54, 1.807) is 12.5 Å². The second-order valence-corrected chi connectivity index (χ2v) is 5.60. The molecule has 0 bridgehead atoms. The fourth-order valence-electron chi connectivity index (χ4n) is 2.38. The molecule has 0 spiro atoms. The molecule has 0 aliphatic carbocycles. The lowest BCUT2D eigenvalue weighted by Crippen LogP contribution is -2.22. The number of carbonyl (C=O) groups excluding carboxylic acids is 1. The first-order valence-electron chi connectivity index (χ1n) is 8.13. The Hall–Kier alpha value is -3.16. The van der Waals surface area contributed by atoms with Gasteiger partial charge < -0.3 is 9.88 Å². The molecule has 0 unspecified atom stereocenters. The van der Waals surface area contributed by atoms with Gasteiger partial charge >= 0.3 is 0 Å². The highest BCUT2D eigenvalue weighted by Gasteiger charge is 2.04. The number of carbonyl (C=O) groups is 1. The summed E-state index contributed by atoms with van der Waals surface area (Å²) in [6, 6.07) is 7.66. The molecule has 3 rings (SSSR count). The number of aromatic nitrogens is 6. The summed E-state index contributed by atoms with van der Waals surface area (Å²) < 4.78 is 2.01. The highest BCUT2D eigenvalue weighted by atomic mass is 16.1. The van der Waals surface area contributed by atoms with Crippen LogP contribution in [-0.4, -0.2) is 35.9 Å². The maximum atomic E-state index is 11.9. The van der Waals surface area contributed by atoms with Crippen LogP contribution in [0.2, 0.25) is 0 Å². The normalized spacial score (nSPS) is 10.6. The summed E-state index contributed by atoms with van der Waals surface area (Å²) in [5, 5.41) is 18.2. The summed E-state index contributed by atoms with van der Waals surface area (Å²) in [6.45, 7) is 1.40. The van der Waals surface area contributed by atoms with E-state index in [0.29, 0.717) is 18.8 Å². The molecule has 0 saturated heterocycles. The maximum absolute atomic E-state index is 11.9. The third-order valence-electron chi connectivity index (χ3n) is 3.74. The van der Waals surface area contributed by atoms with Crippen LogP contribution < -0.4 is 5.32 Å². The van der Waals surface area contributed by atoms with Gasteiger partial charge in [0.05, 0.1) is 6.33 Å². The van der Waals surface area contributed by atoms with Gasteiger partial charge in [-0.25, -0.2) is 4.98 Å². The van der Waals surface area contributed by atoms with Gasteiger partial charge in [-0.2, -0.15) is 0 Å². The fraction of sp³-hybridized carbons (Fsp3) is 0.294. The molecule has 0 aliphatic rings. The van der Waals surface area contributed by atoms with Gasteiger partial charge in [0.2, 0.25) is 11.7 Å². The molecular formula is C17H19N7O. The van der Waals surface area contributed by atoms with E-state index in [9.17, 15) is 4.79 Å². The second-order valence-electron chi connectivity index (χ2n) is 5.60. The molecule has 0 fully saturated rings. The zero-order valence-electron chi connectivity index (χ0n) is 13.7. The van der Waals surface area contributed by atoms with Crippen molar-refractivity contribution in [3.05, 3.63) is 54.9 Å². The number of hydrogen-bond acceptors (Lipinski definition) is 6. The van der Waals surface area contributed by atoms with E-state index in [4.69, 9.17) is 0 Å². The Bertz CT molecular complexity index is 773. The van der Waals surface area contributed by atoms with Crippen LogP contribution in [0.4, 0.5) is 0 Å². The highest BCUT2D eigenvalue weighted by Crippen LogP contribution is 2.13. The van der Waals surface area contributed by atoms with E-state index < -0.39 is 0 Å². The lowest BCUT2D eigenvalue weighted by Gasteiger charge is -2.06. The summed E-state index contributed by atoms with van der Waals surface area (Å²) >= 11 is 0. The molecule has 128 valence electrons. The van der Waals surface area contributed by atoms with Crippen LogP contribution in [0, 0.1) is 0 Å². The van der Waals surface area contributed by atoms with Gasteiger partial charge in [-0.05, 0) is 18.4 Å². The summed E-state index contributed by atoms with van der Waals surface area (Å²) in [5.41, 5.74) is 1.86. The third kappa shape index (κ3) is 5.17. The number of benzene rings is 1. The fourth-order valence-corrected chi connectivity index (χ4v) is 2.38. The number of nitrogens with one attached hydrogen (secondary N) is 1.